The number of aryl methyl sites for hydroxylation is 1. The van der Waals surface area contributed by atoms with Crippen LogP contribution in [0.4, 0.5) is 5.69 Å². The van der Waals surface area contributed by atoms with Crippen LogP contribution in [-0.2, 0) is 9.59 Å². The Bertz CT molecular complexity index is 929. The average molecular weight is 392 g/mol. The van der Waals surface area contributed by atoms with Gasteiger partial charge in [-0.3, -0.25) is 14.5 Å². The molecular weight excluding hydrogens is 364 g/mol. The van der Waals surface area contributed by atoms with Crippen molar-refractivity contribution in [3.63, 3.8) is 0 Å². The van der Waals surface area contributed by atoms with Gasteiger partial charge in [0.25, 0.3) is 11.8 Å². The van der Waals surface area contributed by atoms with E-state index in [0.717, 1.165) is 17.0 Å². The Morgan fingerprint density at radius 3 is 2.31 bits per heavy atom. The van der Waals surface area contributed by atoms with Crippen LogP contribution in [0.25, 0.3) is 5.57 Å². The zero-order valence-electron chi connectivity index (χ0n) is 17.5. The predicted octanol–water partition coefficient (Wildman–Crippen LogP) is 4.63. The van der Waals surface area contributed by atoms with Crippen LogP contribution >= 0.6 is 0 Å². The second kappa shape index (κ2) is 8.95. The molecule has 0 aromatic heterocycles. The number of nitrogens with zero attached hydrogens (tertiary/aromatic N) is 1. The number of ether oxygens (including phenoxy) is 1. The number of carbonyl (C=O) groups is 2. The summed E-state index contributed by atoms with van der Waals surface area (Å²) in [5, 5.41) is 3.22. The quantitative estimate of drug-likeness (QED) is 0.666. The van der Waals surface area contributed by atoms with Gasteiger partial charge in [-0.1, -0.05) is 51.1 Å². The first-order chi connectivity index (χ1) is 13.9. The number of anilines is 1. The highest BCUT2D eigenvalue weighted by atomic mass is 16.5. The van der Waals surface area contributed by atoms with E-state index in [1.165, 1.54) is 4.90 Å². The Labute approximate surface area is 172 Å². The van der Waals surface area contributed by atoms with E-state index in [0.29, 0.717) is 42.3 Å². The van der Waals surface area contributed by atoms with Gasteiger partial charge in [-0.05, 0) is 48.6 Å². The van der Waals surface area contributed by atoms with Gasteiger partial charge in [0, 0.05) is 12.2 Å². The number of amides is 2. The van der Waals surface area contributed by atoms with Gasteiger partial charge < -0.3 is 10.1 Å². The summed E-state index contributed by atoms with van der Waals surface area (Å²) in [5.74, 6) is 0.636. The molecule has 3 rings (SSSR count). The Morgan fingerprint density at radius 1 is 1.00 bits per heavy atom. The zero-order valence-corrected chi connectivity index (χ0v) is 17.5. The van der Waals surface area contributed by atoms with Crippen LogP contribution in [0, 0.1) is 12.8 Å². The molecule has 5 nitrogen and oxygen atoms in total. The molecule has 0 saturated carbocycles. The minimum Gasteiger partial charge on any atom is -0.493 e. The molecule has 2 aromatic rings. The van der Waals surface area contributed by atoms with Crippen LogP contribution in [0.3, 0.4) is 0 Å². The summed E-state index contributed by atoms with van der Waals surface area (Å²) < 4.78 is 5.74. The van der Waals surface area contributed by atoms with Crippen LogP contribution in [-0.4, -0.2) is 29.9 Å². The molecule has 29 heavy (non-hydrogen) atoms. The summed E-state index contributed by atoms with van der Waals surface area (Å²) in [6, 6.07) is 15.1. The minimum atomic E-state index is -0.282. The molecule has 0 fully saturated rings. The molecule has 1 aliphatic rings. The third-order valence-electron chi connectivity index (χ3n) is 4.75. The van der Waals surface area contributed by atoms with Crippen molar-refractivity contribution in [2.24, 2.45) is 5.92 Å². The first-order valence-corrected chi connectivity index (χ1v) is 10.1. The zero-order chi connectivity index (χ0) is 21.0. The Balaban J connectivity index is 1.97. The molecule has 1 aliphatic heterocycles. The van der Waals surface area contributed by atoms with Crippen molar-refractivity contribution in [3.8, 4) is 5.75 Å². The molecule has 0 radical (unpaired) electrons. The maximum Gasteiger partial charge on any atom is 0.278 e. The normalized spacial score (nSPS) is 14.2. The Hall–Kier alpha value is -3.08. The maximum atomic E-state index is 13.1. The molecule has 2 amide bonds. The molecule has 1 heterocycles. The van der Waals surface area contributed by atoms with E-state index >= 15 is 0 Å². The number of nitrogens with one attached hydrogen (secondary N) is 1. The van der Waals surface area contributed by atoms with Crippen molar-refractivity contribution in [3.05, 3.63) is 65.4 Å². The second-order valence-electron chi connectivity index (χ2n) is 7.68. The first kappa shape index (κ1) is 20.6. The van der Waals surface area contributed by atoms with Crippen LogP contribution < -0.4 is 10.1 Å². The molecule has 0 atom stereocenters. The van der Waals surface area contributed by atoms with Crippen molar-refractivity contribution in [1.82, 2.24) is 4.90 Å². The van der Waals surface area contributed by atoms with Gasteiger partial charge in [-0.2, -0.15) is 0 Å². The smallest absolute Gasteiger partial charge is 0.278 e. The fourth-order valence-electron chi connectivity index (χ4n) is 3.22. The highest BCUT2D eigenvalue weighted by molar-refractivity contribution is 6.36. The molecule has 2 aromatic carbocycles. The summed E-state index contributed by atoms with van der Waals surface area (Å²) in [5.41, 5.74) is 3.26. The predicted molar refractivity (Wildman–Crippen MR) is 116 cm³/mol. The molecule has 5 heteroatoms. The number of para-hydroxylation sites is 1. The lowest BCUT2D eigenvalue weighted by molar-refractivity contribution is -0.136. The number of hydrogen-bond acceptors (Lipinski definition) is 4. The molecule has 0 aliphatic carbocycles. The summed E-state index contributed by atoms with van der Waals surface area (Å²) >= 11 is 0. The third-order valence-corrected chi connectivity index (χ3v) is 4.75. The van der Waals surface area contributed by atoms with Gasteiger partial charge in [-0.25, -0.2) is 0 Å². The Morgan fingerprint density at radius 2 is 1.69 bits per heavy atom. The van der Waals surface area contributed by atoms with Crippen LogP contribution in [0.15, 0.2) is 54.2 Å². The highest BCUT2D eigenvalue weighted by Gasteiger charge is 2.38. The van der Waals surface area contributed by atoms with E-state index in [9.17, 15) is 9.59 Å². The molecule has 0 bridgehead atoms. The monoisotopic (exact) mass is 392 g/mol. The van der Waals surface area contributed by atoms with Crippen molar-refractivity contribution in [2.75, 3.05) is 18.5 Å². The number of carbonyl (C=O) groups excluding carboxylic acids is 2. The van der Waals surface area contributed by atoms with Crippen LogP contribution in [0.2, 0.25) is 0 Å². The number of imide groups is 1. The van der Waals surface area contributed by atoms with Gasteiger partial charge in [0.1, 0.15) is 11.4 Å². The molecule has 0 spiro atoms. The van der Waals surface area contributed by atoms with Crippen molar-refractivity contribution >= 4 is 23.1 Å². The summed E-state index contributed by atoms with van der Waals surface area (Å²) in [7, 11) is 0. The standard InChI is InChI=1S/C24H28N2O3/c1-5-14-26-23(27)21(18-10-12-19(13-11-18)29-15-16(2)3)22(24(26)28)25-20-9-7-6-8-17(20)4/h6-13,16,25H,5,14-15H2,1-4H3. The molecule has 0 unspecified atom stereocenters. The van der Waals surface area contributed by atoms with Gasteiger partial charge in [0.05, 0.1) is 12.2 Å². The van der Waals surface area contributed by atoms with Crippen LogP contribution in [0.1, 0.15) is 38.3 Å². The van der Waals surface area contributed by atoms with E-state index in [2.05, 4.69) is 19.2 Å². The summed E-state index contributed by atoms with van der Waals surface area (Å²) in [6.07, 6.45) is 0.713. The summed E-state index contributed by atoms with van der Waals surface area (Å²) in [4.78, 5) is 27.4. The second-order valence-corrected chi connectivity index (χ2v) is 7.68. The van der Waals surface area contributed by atoms with Crippen molar-refractivity contribution in [2.45, 2.75) is 34.1 Å². The Kier molecular flexibility index (Phi) is 6.37. The van der Waals surface area contributed by atoms with Gasteiger partial charge in [0.2, 0.25) is 0 Å². The highest BCUT2D eigenvalue weighted by Crippen LogP contribution is 2.32. The average Bonchev–Trinajstić information content (AvgIpc) is 2.93. The largest absolute Gasteiger partial charge is 0.493 e. The summed E-state index contributed by atoms with van der Waals surface area (Å²) in [6.45, 7) is 9.13. The van der Waals surface area contributed by atoms with E-state index in [4.69, 9.17) is 4.74 Å². The maximum absolute atomic E-state index is 13.1. The first-order valence-electron chi connectivity index (χ1n) is 10.1. The van der Waals surface area contributed by atoms with Crippen molar-refractivity contribution < 1.29 is 14.3 Å². The molecule has 1 N–H and O–H groups in total. The minimum absolute atomic E-state index is 0.260. The fraction of sp³-hybridized carbons (Fsp3) is 0.333. The lowest BCUT2D eigenvalue weighted by atomic mass is 10.0. The van der Waals surface area contributed by atoms with E-state index in [1.807, 2.05) is 62.4 Å². The topological polar surface area (TPSA) is 58.6 Å². The number of benzene rings is 2. The molecular formula is C24H28N2O3. The van der Waals surface area contributed by atoms with Crippen LogP contribution in [0.5, 0.6) is 5.75 Å². The van der Waals surface area contributed by atoms with E-state index in [-0.39, 0.29) is 11.8 Å². The molecule has 152 valence electrons. The van der Waals surface area contributed by atoms with Gasteiger partial charge >= 0.3 is 0 Å². The lowest BCUT2D eigenvalue weighted by Gasteiger charge is -2.14. The SMILES string of the molecule is CCCN1C(=O)C(Nc2ccccc2C)=C(c2ccc(OCC(C)C)cc2)C1=O. The van der Waals surface area contributed by atoms with E-state index in [1.54, 1.807) is 0 Å². The number of rotatable bonds is 8. The lowest BCUT2D eigenvalue weighted by Crippen LogP contribution is -2.33. The fourth-order valence-corrected chi connectivity index (χ4v) is 3.22. The molecule has 0 saturated heterocycles. The van der Waals surface area contributed by atoms with Gasteiger partial charge in [-0.15, -0.1) is 0 Å². The van der Waals surface area contributed by atoms with Crippen molar-refractivity contribution in [1.29, 1.82) is 0 Å². The van der Waals surface area contributed by atoms with E-state index < -0.39 is 0 Å². The third kappa shape index (κ3) is 4.50. The number of hydrogen-bond donors (Lipinski definition) is 1. The van der Waals surface area contributed by atoms with Gasteiger partial charge in [0.15, 0.2) is 0 Å².